The predicted molar refractivity (Wildman–Crippen MR) is 65.8 cm³/mol. The molecule has 1 heterocycles. The highest BCUT2D eigenvalue weighted by Gasteiger charge is 2.37. The van der Waals surface area contributed by atoms with E-state index in [1.54, 1.807) is 20.8 Å². The van der Waals surface area contributed by atoms with Gasteiger partial charge < -0.3 is 4.74 Å². The van der Waals surface area contributed by atoms with Crippen LogP contribution in [0, 0.1) is 0 Å². The number of aliphatic imine (C=N–C) groups is 1. The van der Waals surface area contributed by atoms with Crippen molar-refractivity contribution in [2.24, 2.45) is 4.99 Å². The number of allylic oxidation sites excluding steroid dienone is 3. The number of hydrogen-bond donors (Lipinski definition) is 0. The van der Waals surface area contributed by atoms with Gasteiger partial charge >= 0.3 is 12.1 Å². The van der Waals surface area contributed by atoms with Crippen molar-refractivity contribution in [3.05, 3.63) is 23.4 Å². The lowest BCUT2D eigenvalue weighted by atomic mass is 10.1. The minimum atomic E-state index is -4.58. The molecule has 0 radical (unpaired) electrons. The average Bonchev–Trinajstić information content (AvgIpc) is 2.36. The van der Waals surface area contributed by atoms with Crippen LogP contribution in [0.25, 0.3) is 0 Å². The van der Waals surface area contributed by atoms with Crippen molar-refractivity contribution in [3.63, 3.8) is 0 Å². The number of esters is 1. The summed E-state index contributed by atoms with van der Waals surface area (Å²) in [4.78, 5) is 15.2. The molecule has 1 aliphatic heterocycles. The van der Waals surface area contributed by atoms with Crippen molar-refractivity contribution in [1.29, 1.82) is 0 Å². The molecule has 0 saturated heterocycles. The van der Waals surface area contributed by atoms with Crippen LogP contribution < -0.4 is 0 Å². The van der Waals surface area contributed by atoms with E-state index in [1.165, 1.54) is 19.1 Å². The Morgan fingerprint density at radius 1 is 1.32 bits per heavy atom. The SMILES string of the molecule is CC1=C(C(F)(F)F)N=C(C(=O)OC(C)(C)C)C=CC1. The van der Waals surface area contributed by atoms with Gasteiger partial charge in [0.2, 0.25) is 0 Å². The Balaban J connectivity index is 3.11. The van der Waals surface area contributed by atoms with E-state index in [2.05, 4.69) is 4.99 Å². The van der Waals surface area contributed by atoms with Gasteiger partial charge in [0.05, 0.1) is 0 Å². The normalized spacial score (nSPS) is 17.1. The smallest absolute Gasteiger partial charge is 0.433 e. The zero-order valence-electron chi connectivity index (χ0n) is 11.3. The molecule has 0 saturated carbocycles. The van der Waals surface area contributed by atoms with Crippen molar-refractivity contribution in [1.82, 2.24) is 0 Å². The highest BCUT2D eigenvalue weighted by Crippen LogP contribution is 2.32. The summed E-state index contributed by atoms with van der Waals surface area (Å²) in [5, 5.41) is 0. The zero-order valence-corrected chi connectivity index (χ0v) is 11.3. The van der Waals surface area contributed by atoms with Crippen LogP contribution in [0.1, 0.15) is 34.1 Å². The molecule has 0 amide bonds. The summed E-state index contributed by atoms with van der Waals surface area (Å²) >= 11 is 0. The summed E-state index contributed by atoms with van der Waals surface area (Å²) in [6.45, 7) is 6.25. The van der Waals surface area contributed by atoms with Crippen LogP contribution >= 0.6 is 0 Å². The fourth-order valence-corrected chi connectivity index (χ4v) is 1.45. The van der Waals surface area contributed by atoms with Crippen molar-refractivity contribution in [3.8, 4) is 0 Å². The summed E-state index contributed by atoms with van der Waals surface area (Å²) in [7, 11) is 0. The molecule has 0 fully saturated rings. The summed E-state index contributed by atoms with van der Waals surface area (Å²) in [6, 6.07) is 0. The first-order chi connectivity index (χ1) is 8.50. The molecule has 0 spiro atoms. The van der Waals surface area contributed by atoms with Gasteiger partial charge in [-0.05, 0) is 45.8 Å². The molecule has 0 aromatic heterocycles. The van der Waals surface area contributed by atoms with Crippen molar-refractivity contribution < 1.29 is 22.7 Å². The lowest BCUT2D eigenvalue weighted by Gasteiger charge is -2.19. The Kier molecular flexibility index (Phi) is 4.22. The number of carbonyl (C=O) groups excluding carboxylic acids is 1. The molecule has 6 heteroatoms. The lowest BCUT2D eigenvalue weighted by molar-refractivity contribution is -0.146. The second-order valence-corrected chi connectivity index (χ2v) is 5.23. The molecule has 0 aliphatic carbocycles. The molecule has 1 rings (SSSR count). The second-order valence-electron chi connectivity index (χ2n) is 5.23. The van der Waals surface area contributed by atoms with Gasteiger partial charge in [-0.3, -0.25) is 0 Å². The van der Waals surface area contributed by atoms with E-state index >= 15 is 0 Å². The zero-order chi connectivity index (χ0) is 14.8. The molecular weight excluding hydrogens is 259 g/mol. The Morgan fingerprint density at radius 3 is 2.37 bits per heavy atom. The van der Waals surface area contributed by atoms with E-state index in [0.29, 0.717) is 0 Å². The highest BCUT2D eigenvalue weighted by molar-refractivity contribution is 6.41. The predicted octanol–water partition coefficient (Wildman–Crippen LogP) is 3.57. The molecular formula is C13H16F3NO2. The molecule has 1 aliphatic rings. The second kappa shape index (κ2) is 5.19. The Labute approximate surface area is 109 Å². The first kappa shape index (κ1) is 15.5. The Bertz CT molecular complexity index is 465. The molecule has 0 aromatic carbocycles. The molecule has 0 atom stereocenters. The minimum Gasteiger partial charge on any atom is -0.455 e. The summed E-state index contributed by atoms with van der Waals surface area (Å²) in [5.74, 6) is -0.861. The number of halogens is 3. The van der Waals surface area contributed by atoms with Gasteiger partial charge in [-0.2, -0.15) is 13.2 Å². The van der Waals surface area contributed by atoms with Gasteiger partial charge in [0.1, 0.15) is 17.0 Å². The van der Waals surface area contributed by atoms with Crippen molar-refractivity contribution >= 4 is 11.7 Å². The van der Waals surface area contributed by atoms with Crippen molar-refractivity contribution in [2.45, 2.75) is 45.9 Å². The molecule has 0 aromatic rings. The van der Waals surface area contributed by atoms with E-state index in [9.17, 15) is 18.0 Å². The molecule has 0 N–H and O–H groups in total. The van der Waals surface area contributed by atoms with Crippen LogP contribution in [0.2, 0.25) is 0 Å². The van der Waals surface area contributed by atoms with E-state index in [0.717, 1.165) is 0 Å². The number of nitrogens with zero attached hydrogens (tertiary/aromatic N) is 1. The van der Waals surface area contributed by atoms with Gasteiger partial charge in [0, 0.05) is 0 Å². The van der Waals surface area contributed by atoms with Gasteiger partial charge in [0.15, 0.2) is 0 Å². The third-order valence-corrected chi connectivity index (χ3v) is 2.21. The number of carbonyl (C=O) groups is 1. The van der Waals surface area contributed by atoms with E-state index in [1.807, 2.05) is 0 Å². The largest absolute Gasteiger partial charge is 0.455 e. The summed E-state index contributed by atoms with van der Waals surface area (Å²) in [6.07, 6.45) is -1.75. The van der Waals surface area contributed by atoms with Crippen LogP contribution in [-0.2, 0) is 9.53 Å². The van der Waals surface area contributed by atoms with Gasteiger partial charge in [-0.15, -0.1) is 0 Å². The van der Waals surface area contributed by atoms with Crippen LogP contribution in [0.15, 0.2) is 28.4 Å². The van der Waals surface area contributed by atoms with E-state index in [4.69, 9.17) is 4.74 Å². The maximum absolute atomic E-state index is 12.8. The van der Waals surface area contributed by atoms with E-state index < -0.39 is 23.4 Å². The summed E-state index contributed by atoms with van der Waals surface area (Å²) < 4.78 is 43.4. The van der Waals surface area contributed by atoms with Crippen LogP contribution in [0.4, 0.5) is 13.2 Å². The van der Waals surface area contributed by atoms with Crippen LogP contribution in [0.3, 0.4) is 0 Å². The first-order valence-electron chi connectivity index (χ1n) is 5.76. The minimum absolute atomic E-state index is 0.0716. The highest BCUT2D eigenvalue weighted by atomic mass is 19.4. The fourth-order valence-electron chi connectivity index (χ4n) is 1.45. The third-order valence-electron chi connectivity index (χ3n) is 2.21. The first-order valence-corrected chi connectivity index (χ1v) is 5.76. The van der Waals surface area contributed by atoms with Crippen molar-refractivity contribution in [2.75, 3.05) is 0 Å². The fraction of sp³-hybridized carbons (Fsp3) is 0.538. The topological polar surface area (TPSA) is 38.7 Å². The van der Waals surface area contributed by atoms with E-state index in [-0.39, 0.29) is 17.7 Å². The number of ether oxygens (including phenoxy) is 1. The third kappa shape index (κ3) is 4.54. The molecule has 19 heavy (non-hydrogen) atoms. The number of alkyl halides is 3. The van der Waals surface area contributed by atoms with Gasteiger partial charge in [-0.25, -0.2) is 9.79 Å². The Morgan fingerprint density at radius 2 is 1.89 bits per heavy atom. The monoisotopic (exact) mass is 275 g/mol. The number of rotatable bonds is 1. The molecule has 0 bridgehead atoms. The van der Waals surface area contributed by atoms with Crippen LogP contribution in [0.5, 0.6) is 0 Å². The Hall–Kier alpha value is -1.59. The number of hydrogen-bond acceptors (Lipinski definition) is 3. The van der Waals surface area contributed by atoms with Crippen LogP contribution in [-0.4, -0.2) is 23.5 Å². The lowest BCUT2D eigenvalue weighted by Crippen LogP contribution is -2.28. The maximum atomic E-state index is 12.8. The van der Waals surface area contributed by atoms with Gasteiger partial charge in [0.25, 0.3) is 0 Å². The summed E-state index contributed by atoms with van der Waals surface area (Å²) in [5.41, 5.74) is -2.07. The quantitative estimate of drug-likeness (QED) is 0.686. The standard InChI is InChI=1S/C13H16F3NO2/c1-8-6-5-7-9(11(18)19-12(2,3)4)17-10(8)13(14,15)16/h5,7H,6H2,1-4H3. The van der Waals surface area contributed by atoms with Gasteiger partial charge in [-0.1, -0.05) is 6.08 Å². The molecule has 106 valence electrons. The average molecular weight is 275 g/mol. The molecule has 3 nitrogen and oxygen atoms in total. The maximum Gasteiger partial charge on any atom is 0.433 e. The molecule has 0 unspecified atom stereocenters.